The Morgan fingerprint density at radius 2 is 2.21 bits per heavy atom. The maximum Gasteiger partial charge on any atom is 0.0730 e. The Balaban J connectivity index is 1.50. The van der Waals surface area contributed by atoms with E-state index in [-0.39, 0.29) is 0 Å². The first-order valence-corrected chi connectivity index (χ1v) is 7.60. The predicted molar refractivity (Wildman–Crippen MR) is 76.6 cm³/mol. The second-order valence-electron chi connectivity index (χ2n) is 6.07. The number of ether oxygens (including phenoxy) is 1. The summed E-state index contributed by atoms with van der Waals surface area (Å²) in [6.07, 6.45) is 4.44. The van der Waals surface area contributed by atoms with Gasteiger partial charge >= 0.3 is 0 Å². The smallest absolute Gasteiger partial charge is 0.0730 e. The number of nitrogens with one attached hydrogen (secondary N) is 1. The van der Waals surface area contributed by atoms with Gasteiger partial charge in [0.1, 0.15) is 0 Å². The fourth-order valence-electron chi connectivity index (χ4n) is 4.04. The fourth-order valence-corrected chi connectivity index (χ4v) is 4.04. The molecular weight excluding hydrogens is 236 g/mol. The molecule has 4 rings (SSSR count). The molecule has 1 aliphatic carbocycles. The molecule has 3 heteroatoms. The van der Waals surface area contributed by atoms with Gasteiger partial charge in [0.25, 0.3) is 0 Å². The summed E-state index contributed by atoms with van der Waals surface area (Å²) in [5, 5.41) is 3.54. The summed E-state index contributed by atoms with van der Waals surface area (Å²) >= 11 is 0. The van der Waals surface area contributed by atoms with Gasteiger partial charge < -0.3 is 10.1 Å². The molecule has 3 atom stereocenters. The van der Waals surface area contributed by atoms with Crippen LogP contribution in [0.5, 0.6) is 0 Å². The minimum Gasteiger partial charge on any atom is -0.384 e. The van der Waals surface area contributed by atoms with Gasteiger partial charge in [0.2, 0.25) is 0 Å². The number of nitrogens with zero attached hydrogens (tertiary/aromatic N) is 1. The minimum absolute atomic E-state index is 0.512. The van der Waals surface area contributed by atoms with E-state index in [0.29, 0.717) is 18.1 Å². The van der Waals surface area contributed by atoms with E-state index in [4.69, 9.17) is 4.74 Å². The Kier molecular flexibility index (Phi) is 2.97. The number of hydrogen-bond donors (Lipinski definition) is 1. The molecule has 0 radical (unpaired) electrons. The molecule has 0 amide bonds. The molecule has 0 bridgehead atoms. The van der Waals surface area contributed by atoms with E-state index in [0.717, 1.165) is 19.7 Å². The minimum atomic E-state index is 0.512. The summed E-state index contributed by atoms with van der Waals surface area (Å²) in [6, 6.07) is 9.45. The average Bonchev–Trinajstić information content (AvgIpc) is 3.06. The lowest BCUT2D eigenvalue weighted by Crippen LogP contribution is -2.49. The zero-order valence-electron chi connectivity index (χ0n) is 11.3. The summed E-state index contributed by atoms with van der Waals surface area (Å²) in [5.41, 5.74) is 2.84. The van der Waals surface area contributed by atoms with E-state index in [9.17, 15) is 0 Å². The van der Waals surface area contributed by atoms with Crippen LogP contribution >= 0.6 is 0 Å². The zero-order chi connectivity index (χ0) is 12.7. The molecule has 3 unspecified atom stereocenters. The van der Waals surface area contributed by atoms with Crippen LogP contribution in [0.4, 0.5) is 5.69 Å². The number of rotatable bonds is 2. The number of hydrogen-bond acceptors (Lipinski definition) is 3. The van der Waals surface area contributed by atoms with Gasteiger partial charge in [-0.3, -0.25) is 4.90 Å². The second-order valence-corrected chi connectivity index (χ2v) is 6.07. The van der Waals surface area contributed by atoms with Gasteiger partial charge in [-0.2, -0.15) is 0 Å². The number of morpholine rings is 1. The summed E-state index contributed by atoms with van der Waals surface area (Å²) < 4.78 is 5.91. The number of anilines is 1. The van der Waals surface area contributed by atoms with Crippen molar-refractivity contribution in [3.8, 4) is 0 Å². The highest BCUT2D eigenvalue weighted by Crippen LogP contribution is 2.35. The van der Waals surface area contributed by atoms with Crippen molar-refractivity contribution < 1.29 is 4.74 Å². The molecule has 2 aliphatic heterocycles. The number of fused-ring (bicyclic) bond motifs is 2. The van der Waals surface area contributed by atoms with Gasteiger partial charge in [-0.05, 0) is 30.9 Å². The van der Waals surface area contributed by atoms with E-state index < -0.39 is 0 Å². The third-order valence-corrected chi connectivity index (χ3v) is 4.99. The van der Waals surface area contributed by atoms with E-state index in [1.165, 1.54) is 37.1 Å². The van der Waals surface area contributed by atoms with Crippen LogP contribution in [0, 0.1) is 0 Å². The van der Waals surface area contributed by atoms with Gasteiger partial charge in [0, 0.05) is 37.3 Å². The number of benzene rings is 1. The lowest BCUT2D eigenvalue weighted by molar-refractivity contribution is -0.0568. The molecule has 1 aromatic rings. The van der Waals surface area contributed by atoms with Crippen molar-refractivity contribution in [2.75, 3.05) is 31.6 Å². The molecular formula is C16H22N2O. The first-order valence-electron chi connectivity index (χ1n) is 7.60. The molecule has 0 aromatic heterocycles. The lowest BCUT2D eigenvalue weighted by Gasteiger charge is -2.39. The van der Waals surface area contributed by atoms with Crippen LogP contribution in [-0.4, -0.2) is 43.3 Å². The Hall–Kier alpha value is -1.06. The Morgan fingerprint density at radius 3 is 3.21 bits per heavy atom. The first-order chi connectivity index (χ1) is 9.42. The zero-order valence-corrected chi connectivity index (χ0v) is 11.3. The fraction of sp³-hybridized carbons (Fsp3) is 0.625. The third kappa shape index (κ3) is 2.05. The lowest BCUT2D eigenvalue weighted by atomic mass is 9.99. The topological polar surface area (TPSA) is 24.5 Å². The normalized spacial score (nSPS) is 33.8. The highest BCUT2D eigenvalue weighted by Gasteiger charge is 2.37. The Morgan fingerprint density at radius 1 is 1.26 bits per heavy atom. The molecule has 2 fully saturated rings. The summed E-state index contributed by atoms with van der Waals surface area (Å²) in [7, 11) is 0. The van der Waals surface area contributed by atoms with Crippen molar-refractivity contribution >= 4 is 5.69 Å². The maximum atomic E-state index is 5.91. The van der Waals surface area contributed by atoms with Crippen LogP contribution in [0.15, 0.2) is 24.3 Å². The van der Waals surface area contributed by atoms with Gasteiger partial charge in [-0.1, -0.05) is 18.2 Å². The van der Waals surface area contributed by atoms with Crippen LogP contribution in [-0.2, 0) is 4.74 Å². The van der Waals surface area contributed by atoms with Gasteiger partial charge in [0.15, 0.2) is 0 Å². The molecule has 102 valence electrons. The van der Waals surface area contributed by atoms with Crippen LogP contribution < -0.4 is 5.32 Å². The van der Waals surface area contributed by atoms with Crippen molar-refractivity contribution in [1.29, 1.82) is 0 Å². The molecule has 0 spiro atoms. The quantitative estimate of drug-likeness (QED) is 0.882. The highest BCUT2D eigenvalue weighted by molar-refractivity contribution is 5.57. The summed E-state index contributed by atoms with van der Waals surface area (Å²) in [6.45, 7) is 4.31. The monoisotopic (exact) mass is 258 g/mol. The summed E-state index contributed by atoms with van der Waals surface area (Å²) in [5.74, 6) is 0.649. The molecule has 1 N–H and O–H groups in total. The third-order valence-electron chi connectivity index (χ3n) is 4.99. The molecule has 1 saturated carbocycles. The van der Waals surface area contributed by atoms with E-state index in [1.807, 2.05) is 0 Å². The Bertz CT molecular complexity index is 462. The van der Waals surface area contributed by atoms with Crippen LogP contribution in [0.2, 0.25) is 0 Å². The summed E-state index contributed by atoms with van der Waals surface area (Å²) in [4.78, 5) is 2.69. The first kappa shape index (κ1) is 11.7. The van der Waals surface area contributed by atoms with Gasteiger partial charge in [-0.25, -0.2) is 0 Å². The van der Waals surface area contributed by atoms with Gasteiger partial charge in [-0.15, -0.1) is 0 Å². The van der Waals surface area contributed by atoms with Gasteiger partial charge in [0.05, 0.1) is 12.7 Å². The largest absolute Gasteiger partial charge is 0.384 e. The van der Waals surface area contributed by atoms with Crippen molar-refractivity contribution in [3.05, 3.63) is 29.8 Å². The average molecular weight is 258 g/mol. The molecule has 1 aromatic carbocycles. The Labute approximate surface area is 114 Å². The second kappa shape index (κ2) is 4.80. The standard InChI is InChI=1S/C16H22N2O/c1-2-5-14-13(4-1)12(10-17-14)11-18-8-9-19-16-7-3-6-15(16)18/h1-2,4-5,12,15-17H,3,6-11H2. The highest BCUT2D eigenvalue weighted by atomic mass is 16.5. The molecule has 2 heterocycles. The van der Waals surface area contributed by atoms with E-state index >= 15 is 0 Å². The molecule has 3 nitrogen and oxygen atoms in total. The van der Waals surface area contributed by atoms with Crippen molar-refractivity contribution in [3.63, 3.8) is 0 Å². The SMILES string of the molecule is c1ccc2c(c1)NCC2CN1CCOC2CCCC21. The van der Waals surface area contributed by atoms with Crippen LogP contribution in [0.3, 0.4) is 0 Å². The van der Waals surface area contributed by atoms with Crippen molar-refractivity contribution in [2.45, 2.75) is 37.3 Å². The maximum absolute atomic E-state index is 5.91. The molecule has 1 saturated heterocycles. The molecule has 19 heavy (non-hydrogen) atoms. The van der Waals surface area contributed by atoms with E-state index in [1.54, 1.807) is 0 Å². The van der Waals surface area contributed by atoms with Crippen molar-refractivity contribution in [2.24, 2.45) is 0 Å². The van der Waals surface area contributed by atoms with E-state index in [2.05, 4.69) is 34.5 Å². The predicted octanol–water partition coefficient (Wildman–Crippen LogP) is 2.45. The van der Waals surface area contributed by atoms with Crippen LogP contribution in [0.1, 0.15) is 30.7 Å². The molecule has 3 aliphatic rings. The van der Waals surface area contributed by atoms with Crippen LogP contribution in [0.25, 0.3) is 0 Å². The number of para-hydroxylation sites is 1. The van der Waals surface area contributed by atoms with Crippen molar-refractivity contribution in [1.82, 2.24) is 4.90 Å².